The first-order valence-electron chi connectivity index (χ1n) is 5.61. The minimum Gasteiger partial charge on any atom is -0.465 e. The second-order valence-corrected chi connectivity index (χ2v) is 3.70. The summed E-state index contributed by atoms with van der Waals surface area (Å²) in [7, 11) is 0. The molecule has 0 saturated heterocycles. The fourth-order valence-corrected chi connectivity index (χ4v) is 1.15. The molecule has 0 unspecified atom stereocenters. The number of hydrogen-bond acceptors (Lipinski definition) is 8. The van der Waals surface area contributed by atoms with Crippen molar-refractivity contribution in [2.45, 2.75) is 31.3 Å². The van der Waals surface area contributed by atoms with E-state index in [1.54, 1.807) is 6.92 Å². The molecule has 1 amide bonds. The zero-order valence-corrected chi connectivity index (χ0v) is 10.4. The lowest BCUT2D eigenvalue weighted by molar-refractivity contribution is -0.152. The van der Waals surface area contributed by atoms with E-state index in [0.29, 0.717) is 0 Å². The van der Waals surface area contributed by atoms with E-state index in [2.05, 4.69) is 4.74 Å². The molecule has 0 rings (SSSR count). The van der Waals surface area contributed by atoms with Gasteiger partial charge in [-0.1, -0.05) is 0 Å². The highest BCUT2D eigenvalue weighted by Crippen LogP contribution is 2.05. The molecule has 0 aromatic carbocycles. The topological polar surface area (TPSA) is 157 Å². The van der Waals surface area contributed by atoms with Crippen molar-refractivity contribution >= 4 is 11.9 Å². The Morgan fingerprint density at radius 1 is 1.16 bits per heavy atom. The first-order valence-corrected chi connectivity index (χ1v) is 5.61. The predicted octanol–water partition coefficient (Wildman–Crippen LogP) is -3.90. The molecule has 6 N–H and O–H groups in total. The summed E-state index contributed by atoms with van der Waals surface area (Å²) >= 11 is 0. The van der Waals surface area contributed by atoms with Gasteiger partial charge >= 0.3 is 5.97 Å². The predicted molar refractivity (Wildman–Crippen MR) is 60.8 cm³/mol. The fourth-order valence-electron chi connectivity index (χ4n) is 1.15. The van der Waals surface area contributed by atoms with Crippen molar-refractivity contribution in [3.05, 3.63) is 0 Å². The molecule has 0 aromatic heterocycles. The number of esters is 1. The maximum atomic E-state index is 11.3. The standard InChI is InChI=1S/C10H19NO8/c1-2-19-6(14)3-11-10(18)9(17)8(16)7(15)5(13)4-12/h5,7-9,12-13,15-17H,2-4H2,1H3,(H,11,18)/t5-,7-,8+,9+/m1/s1. The van der Waals surface area contributed by atoms with Gasteiger partial charge < -0.3 is 35.6 Å². The number of ether oxygens (including phenoxy) is 1. The number of carbonyl (C=O) groups excluding carboxylic acids is 2. The van der Waals surface area contributed by atoms with E-state index in [0.717, 1.165) is 0 Å². The number of aliphatic hydroxyl groups is 5. The summed E-state index contributed by atoms with van der Waals surface area (Å²) in [5.41, 5.74) is 0. The van der Waals surface area contributed by atoms with Gasteiger partial charge in [-0.2, -0.15) is 0 Å². The van der Waals surface area contributed by atoms with Gasteiger partial charge in [-0.15, -0.1) is 0 Å². The Morgan fingerprint density at radius 3 is 2.21 bits per heavy atom. The summed E-state index contributed by atoms with van der Waals surface area (Å²) < 4.78 is 4.52. The molecule has 4 atom stereocenters. The molecule has 112 valence electrons. The summed E-state index contributed by atoms with van der Waals surface area (Å²) in [6, 6.07) is 0. The molecule has 0 spiro atoms. The lowest BCUT2D eigenvalue weighted by atomic mass is 10.0. The highest BCUT2D eigenvalue weighted by Gasteiger charge is 2.34. The van der Waals surface area contributed by atoms with E-state index in [1.165, 1.54) is 0 Å². The first kappa shape index (κ1) is 17.7. The van der Waals surface area contributed by atoms with Crippen LogP contribution in [-0.2, 0) is 14.3 Å². The Balaban J connectivity index is 4.28. The summed E-state index contributed by atoms with van der Waals surface area (Å²) in [6.07, 6.45) is -7.69. The van der Waals surface area contributed by atoms with Crippen LogP contribution in [0, 0.1) is 0 Å². The van der Waals surface area contributed by atoms with E-state index < -0.39 is 49.4 Å². The minimum absolute atomic E-state index is 0.126. The van der Waals surface area contributed by atoms with Crippen molar-refractivity contribution in [1.29, 1.82) is 0 Å². The summed E-state index contributed by atoms with van der Waals surface area (Å²) in [5, 5.41) is 47.6. The van der Waals surface area contributed by atoms with Gasteiger partial charge in [-0.05, 0) is 6.92 Å². The van der Waals surface area contributed by atoms with Crippen LogP contribution in [0.2, 0.25) is 0 Å². The zero-order chi connectivity index (χ0) is 15.0. The van der Waals surface area contributed by atoms with Gasteiger partial charge in [0.1, 0.15) is 24.9 Å². The Hall–Kier alpha value is -1.26. The Bertz CT molecular complexity index is 297. The van der Waals surface area contributed by atoms with E-state index >= 15 is 0 Å². The number of carbonyl (C=O) groups is 2. The van der Waals surface area contributed by atoms with Crippen molar-refractivity contribution in [3.63, 3.8) is 0 Å². The maximum Gasteiger partial charge on any atom is 0.325 e. The molecular weight excluding hydrogens is 262 g/mol. The maximum absolute atomic E-state index is 11.3. The molecule has 0 aliphatic rings. The molecule has 0 bridgehead atoms. The fraction of sp³-hybridized carbons (Fsp3) is 0.800. The van der Waals surface area contributed by atoms with Crippen molar-refractivity contribution < 1.29 is 39.9 Å². The van der Waals surface area contributed by atoms with E-state index in [1.807, 2.05) is 5.32 Å². The van der Waals surface area contributed by atoms with Crippen molar-refractivity contribution in [2.75, 3.05) is 19.8 Å². The number of aliphatic hydroxyl groups excluding tert-OH is 5. The van der Waals surface area contributed by atoms with E-state index in [-0.39, 0.29) is 6.61 Å². The van der Waals surface area contributed by atoms with Crippen LogP contribution in [0.4, 0.5) is 0 Å². The highest BCUT2D eigenvalue weighted by atomic mass is 16.5. The Morgan fingerprint density at radius 2 is 1.74 bits per heavy atom. The Kier molecular flexibility index (Phi) is 8.19. The second-order valence-electron chi connectivity index (χ2n) is 3.70. The average molecular weight is 281 g/mol. The number of nitrogens with one attached hydrogen (secondary N) is 1. The molecule has 9 nitrogen and oxygen atoms in total. The summed E-state index contributed by atoms with van der Waals surface area (Å²) in [6.45, 7) is 0.344. The van der Waals surface area contributed by atoms with Crippen molar-refractivity contribution in [3.8, 4) is 0 Å². The quantitative estimate of drug-likeness (QED) is 0.246. The second kappa shape index (κ2) is 8.77. The van der Waals surface area contributed by atoms with Crippen LogP contribution in [-0.4, -0.2) is 81.6 Å². The molecule has 0 saturated carbocycles. The van der Waals surface area contributed by atoms with Crippen LogP contribution in [0.3, 0.4) is 0 Å². The molecule has 0 fully saturated rings. The van der Waals surface area contributed by atoms with Crippen LogP contribution in [0.1, 0.15) is 6.92 Å². The third kappa shape index (κ3) is 5.94. The molecule has 0 heterocycles. The lowest BCUT2D eigenvalue weighted by Gasteiger charge is -2.24. The van der Waals surface area contributed by atoms with Gasteiger partial charge in [0.15, 0.2) is 6.10 Å². The third-order valence-corrected chi connectivity index (χ3v) is 2.24. The first-order chi connectivity index (χ1) is 8.84. The van der Waals surface area contributed by atoms with Gasteiger partial charge in [0, 0.05) is 0 Å². The summed E-state index contributed by atoms with van der Waals surface area (Å²) in [4.78, 5) is 22.2. The van der Waals surface area contributed by atoms with Gasteiger partial charge in [0.05, 0.1) is 13.2 Å². The van der Waals surface area contributed by atoms with Crippen LogP contribution in [0.15, 0.2) is 0 Å². The van der Waals surface area contributed by atoms with E-state index in [9.17, 15) is 24.9 Å². The molecule has 0 aliphatic carbocycles. The molecule has 0 aliphatic heterocycles. The zero-order valence-electron chi connectivity index (χ0n) is 10.4. The van der Waals surface area contributed by atoms with Gasteiger partial charge in [0.2, 0.25) is 0 Å². The number of amides is 1. The van der Waals surface area contributed by atoms with Gasteiger partial charge in [-0.3, -0.25) is 9.59 Å². The molecular formula is C10H19NO8. The van der Waals surface area contributed by atoms with Crippen LogP contribution >= 0.6 is 0 Å². The van der Waals surface area contributed by atoms with Crippen LogP contribution in [0.5, 0.6) is 0 Å². The summed E-state index contributed by atoms with van der Waals surface area (Å²) in [5.74, 6) is -1.85. The highest BCUT2D eigenvalue weighted by molar-refractivity contribution is 5.85. The van der Waals surface area contributed by atoms with Crippen LogP contribution in [0.25, 0.3) is 0 Å². The van der Waals surface area contributed by atoms with E-state index in [4.69, 9.17) is 10.2 Å². The SMILES string of the molecule is CCOC(=O)CNC(=O)[C@@H](O)[C@@H](O)[C@H](O)[C@H](O)CO. The number of rotatable bonds is 8. The largest absolute Gasteiger partial charge is 0.465 e. The van der Waals surface area contributed by atoms with Crippen molar-refractivity contribution in [1.82, 2.24) is 5.32 Å². The Labute approximate surface area is 109 Å². The van der Waals surface area contributed by atoms with Crippen LogP contribution < -0.4 is 5.32 Å². The van der Waals surface area contributed by atoms with Gasteiger partial charge in [0.25, 0.3) is 5.91 Å². The third-order valence-electron chi connectivity index (χ3n) is 2.24. The van der Waals surface area contributed by atoms with Gasteiger partial charge in [-0.25, -0.2) is 0 Å². The normalized spacial score (nSPS) is 17.2. The minimum atomic E-state index is -2.06. The van der Waals surface area contributed by atoms with Crippen molar-refractivity contribution in [2.24, 2.45) is 0 Å². The molecule has 0 radical (unpaired) electrons. The molecule has 9 heteroatoms. The average Bonchev–Trinajstić information content (AvgIpc) is 2.41. The smallest absolute Gasteiger partial charge is 0.325 e. The number of hydrogen-bond donors (Lipinski definition) is 6. The monoisotopic (exact) mass is 281 g/mol. The lowest BCUT2D eigenvalue weighted by Crippen LogP contribution is -2.52. The molecule has 0 aromatic rings. The molecule has 19 heavy (non-hydrogen) atoms.